The van der Waals surface area contributed by atoms with Crippen molar-refractivity contribution in [1.82, 2.24) is 10.3 Å². The van der Waals surface area contributed by atoms with Crippen LogP contribution in [-0.4, -0.2) is 37.6 Å². The van der Waals surface area contributed by atoms with Crippen LogP contribution in [0, 0.1) is 0 Å². The average Bonchev–Trinajstić information content (AvgIpc) is 2.52. The van der Waals surface area contributed by atoms with E-state index in [9.17, 15) is 4.79 Å². The van der Waals surface area contributed by atoms with Gasteiger partial charge in [-0.05, 0) is 36.6 Å². The van der Waals surface area contributed by atoms with Crippen molar-refractivity contribution in [3.63, 3.8) is 0 Å². The number of hydrogen-bond donors (Lipinski definition) is 2. The van der Waals surface area contributed by atoms with Gasteiger partial charge in [-0.25, -0.2) is 5.84 Å². The predicted molar refractivity (Wildman–Crippen MR) is 80.1 cm³/mol. The number of methoxy groups -OCH3 is 2. The fourth-order valence-corrected chi connectivity index (χ4v) is 2.74. The van der Waals surface area contributed by atoms with E-state index in [4.69, 9.17) is 15.3 Å². The van der Waals surface area contributed by atoms with Crippen LogP contribution < -0.4 is 20.7 Å². The highest BCUT2D eigenvalue weighted by molar-refractivity contribution is 5.75. The van der Waals surface area contributed by atoms with Crippen LogP contribution in [0.2, 0.25) is 0 Å². The van der Waals surface area contributed by atoms with Crippen molar-refractivity contribution in [2.24, 2.45) is 5.84 Å². The summed E-state index contributed by atoms with van der Waals surface area (Å²) in [5.41, 5.74) is 4.68. The van der Waals surface area contributed by atoms with Crippen molar-refractivity contribution in [1.29, 1.82) is 0 Å². The number of amides is 1. The molecule has 1 aromatic rings. The Bertz CT molecular complexity index is 519. The van der Waals surface area contributed by atoms with Crippen LogP contribution in [0.25, 0.3) is 0 Å². The maximum atomic E-state index is 11.4. The molecule has 0 aromatic heterocycles. The summed E-state index contributed by atoms with van der Waals surface area (Å²) in [5, 5.41) is 0. The van der Waals surface area contributed by atoms with Crippen molar-refractivity contribution < 1.29 is 14.3 Å². The van der Waals surface area contributed by atoms with Gasteiger partial charge in [-0.1, -0.05) is 0 Å². The van der Waals surface area contributed by atoms with Gasteiger partial charge in [-0.15, -0.1) is 0 Å². The zero-order chi connectivity index (χ0) is 15.4. The Balaban J connectivity index is 2.14. The number of carbonyl (C=O) groups is 1. The molecule has 0 saturated carbocycles. The van der Waals surface area contributed by atoms with Crippen LogP contribution in [0.4, 0.5) is 0 Å². The largest absolute Gasteiger partial charge is 0.493 e. The second-order valence-electron chi connectivity index (χ2n) is 5.32. The fraction of sp³-hybridized carbons (Fsp3) is 0.533. The Morgan fingerprint density at radius 1 is 1.33 bits per heavy atom. The summed E-state index contributed by atoms with van der Waals surface area (Å²) >= 11 is 0. The first-order valence-corrected chi connectivity index (χ1v) is 7.06. The topological polar surface area (TPSA) is 76.8 Å². The molecule has 0 aliphatic carbocycles. The minimum Gasteiger partial charge on any atom is -0.493 e. The third-order valence-electron chi connectivity index (χ3n) is 4.01. The fourth-order valence-electron chi connectivity index (χ4n) is 2.74. The van der Waals surface area contributed by atoms with Crippen LogP contribution in [-0.2, 0) is 17.8 Å². The van der Waals surface area contributed by atoms with E-state index < -0.39 is 0 Å². The Kier molecular flexibility index (Phi) is 5.03. The number of nitrogens with two attached hydrogens (primary N) is 1. The van der Waals surface area contributed by atoms with E-state index in [1.54, 1.807) is 14.2 Å². The number of nitrogens with zero attached hydrogens (tertiary/aromatic N) is 1. The third kappa shape index (κ3) is 3.46. The lowest BCUT2D eigenvalue weighted by molar-refractivity contribution is -0.122. The molecule has 0 fully saturated rings. The number of fused-ring (bicyclic) bond motifs is 1. The lowest BCUT2D eigenvalue weighted by Gasteiger charge is -2.33. The van der Waals surface area contributed by atoms with Crippen LogP contribution >= 0.6 is 0 Å². The van der Waals surface area contributed by atoms with Crippen molar-refractivity contribution in [3.05, 3.63) is 23.3 Å². The van der Waals surface area contributed by atoms with Gasteiger partial charge in [-0.2, -0.15) is 0 Å². The average molecular weight is 293 g/mol. The van der Waals surface area contributed by atoms with Gasteiger partial charge in [0.2, 0.25) is 5.91 Å². The molecule has 1 amide bonds. The minimum absolute atomic E-state index is 0.138. The highest BCUT2D eigenvalue weighted by atomic mass is 16.5. The molecule has 1 heterocycles. The van der Waals surface area contributed by atoms with Crippen LogP contribution in [0.15, 0.2) is 12.1 Å². The van der Waals surface area contributed by atoms with E-state index in [0.29, 0.717) is 6.42 Å². The Morgan fingerprint density at radius 2 is 1.95 bits per heavy atom. The standard InChI is InChI=1S/C15H23N3O3/c1-10(6-15(19)17-16)18-5-4-11-7-13(20-2)14(21-3)8-12(11)9-18/h7-8,10H,4-6,9,16H2,1-3H3,(H,17,19). The Morgan fingerprint density at radius 3 is 2.52 bits per heavy atom. The first kappa shape index (κ1) is 15.6. The van der Waals surface area contributed by atoms with Gasteiger partial charge in [0, 0.05) is 25.6 Å². The number of hydrazine groups is 1. The quantitative estimate of drug-likeness (QED) is 0.478. The Labute approximate surface area is 125 Å². The van der Waals surface area contributed by atoms with Crippen LogP contribution in [0.3, 0.4) is 0 Å². The summed E-state index contributed by atoms with van der Waals surface area (Å²) in [6, 6.07) is 4.22. The van der Waals surface area contributed by atoms with E-state index in [0.717, 1.165) is 31.0 Å². The van der Waals surface area contributed by atoms with Gasteiger partial charge in [0.05, 0.1) is 14.2 Å². The second kappa shape index (κ2) is 6.78. The number of carbonyl (C=O) groups excluding carboxylic acids is 1. The lowest BCUT2D eigenvalue weighted by Crippen LogP contribution is -2.41. The zero-order valence-electron chi connectivity index (χ0n) is 12.8. The molecule has 1 aliphatic heterocycles. The van der Waals surface area contributed by atoms with Gasteiger partial charge in [0.25, 0.3) is 0 Å². The smallest absolute Gasteiger partial charge is 0.235 e. The molecular formula is C15H23N3O3. The molecule has 1 aliphatic rings. The molecule has 116 valence electrons. The Hall–Kier alpha value is -1.79. The minimum atomic E-state index is -0.138. The molecule has 0 spiro atoms. The molecule has 3 N–H and O–H groups in total. The highest BCUT2D eigenvalue weighted by Gasteiger charge is 2.23. The summed E-state index contributed by atoms with van der Waals surface area (Å²) in [4.78, 5) is 13.7. The predicted octanol–water partition coefficient (Wildman–Crippen LogP) is 0.830. The molecule has 1 atom stereocenters. The molecule has 0 saturated heterocycles. The van der Waals surface area contributed by atoms with E-state index in [1.165, 1.54) is 11.1 Å². The molecule has 6 nitrogen and oxygen atoms in total. The van der Waals surface area contributed by atoms with E-state index in [-0.39, 0.29) is 11.9 Å². The number of nitrogens with one attached hydrogen (secondary N) is 1. The van der Waals surface area contributed by atoms with Crippen LogP contribution in [0.5, 0.6) is 11.5 Å². The van der Waals surface area contributed by atoms with Gasteiger partial charge in [-0.3, -0.25) is 15.1 Å². The number of rotatable bonds is 5. The first-order valence-electron chi connectivity index (χ1n) is 7.06. The zero-order valence-corrected chi connectivity index (χ0v) is 12.8. The number of hydrogen-bond acceptors (Lipinski definition) is 5. The molecule has 21 heavy (non-hydrogen) atoms. The molecule has 1 unspecified atom stereocenters. The van der Waals surface area contributed by atoms with Gasteiger partial charge in [0.1, 0.15) is 0 Å². The monoisotopic (exact) mass is 293 g/mol. The summed E-state index contributed by atoms with van der Waals surface area (Å²) in [6.45, 7) is 3.76. The highest BCUT2D eigenvalue weighted by Crippen LogP contribution is 2.33. The third-order valence-corrected chi connectivity index (χ3v) is 4.01. The maximum absolute atomic E-state index is 11.4. The SMILES string of the molecule is COc1cc2c(cc1OC)CN(C(C)CC(=O)NN)CC2. The van der Waals surface area contributed by atoms with Crippen molar-refractivity contribution >= 4 is 5.91 Å². The summed E-state index contributed by atoms with van der Waals surface area (Å²) in [5.74, 6) is 6.51. The summed E-state index contributed by atoms with van der Waals surface area (Å²) in [7, 11) is 3.28. The normalized spacial score (nSPS) is 16.0. The van der Waals surface area contributed by atoms with Gasteiger partial charge in [0.15, 0.2) is 11.5 Å². The van der Waals surface area contributed by atoms with Gasteiger partial charge >= 0.3 is 0 Å². The molecule has 6 heteroatoms. The molecular weight excluding hydrogens is 270 g/mol. The molecule has 1 aromatic carbocycles. The number of ether oxygens (including phenoxy) is 2. The summed E-state index contributed by atoms with van der Waals surface area (Å²) in [6.07, 6.45) is 1.34. The summed E-state index contributed by atoms with van der Waals surface area (Å²) < 4.78 is 10.7. The molecule has 2 rings (SSSR count). The van der Waals surface area contributed by atoms with Crippen molar-refractivity contribution in [3.8, 4) is 11.5 Å². The lowest BCUT2D eigenvalue weighted by atomic mass is 9.97. The first-order chi connectivity index (χ1) is 10.1. The maximum Gasteiger partial charge on any atom is 0.235 e. The van der Waals surface area contributed by atoms with Gasteiger partial charge < -0.3 is 9.47 Å². The van der Waals surface area contributed by atoms with Crippen molar-refractivity contribution in [2.45, 2.75) is 32.4 Å². The second-order valence-corrected chi connectivity index (χ2v) is 5.32. The van der Waals surface area contributed by atoms with Crippen LogP contribution in [0.1, 0.15) is 24.5 Å². The number of benzene rings is 1. The van der Waals surface area contributed by atoms with E-state index in [2.05, 4.69) is 10.3 Å². The molecule has 0 radical (unpaired) electrons. The van der Waals surface area contributed by atoms with E-state index in [1.807, 2.05) is 19.1 Å². The van der Waals surface area contributed by atoms with Crippen molar-refractivity contribution in [2.75, 3.05) is 20.8 Å². The van der Waals surface area contributed by atoms with E-state index >= 15 is 0 Å². The molecule has 0 bridgehead atoms.